The average Bonchev–Trinajstić information content (AvgIpc) is 2.98. The molecule has 3 aromatic carbocycles. The third-order valence-corrected chi connectivity index (χ3v) is 9.62. The van der Waals surface area contributed by atoms with E-state index >= 15 is 0 Å². The van der Waals surface area contributed by atoms with Crippen LogP contribution in [0, 0.1) is 6.92 Å². The van der Waals surface area contributed by atoms with E-state index in [9.17, 15) is 22.8 Å². The van der Waals surface area contributed by atoms with Crippen LogP contribution in [0.1, 0.15) is 52.4 Å². The van der Waals surface area contributed by atoms with Crippen LogP contribution in [0.3, 0.4) is 0 Å². The smallest absolute Gasteiger partial charge is 0.337 e. The molecule has 0 saturated carbocycles. The summed E-state index contributed by atoms with van der Waals surface area (Å²) in [5, 5.41) is 5.75. The van der Waals surface area contributed by atoms with Gasteiger partial charge in [0.05, 0.1) is 30.0 Å². The number of esters is 1. The Morgan fingerprint density at radius 2 is 1.80 bits per heavy atom. The van der Waals surface area contributed by atoms with Gasteiger partial charge >= 0.3 is 5.97 Å². The topological polar surface area (TPSA) is 122 Å². The van der Waals surface area contributed by atoms with Gasteiger partial charge in [0, 0.05) is 13.1 Å². The number of nitrogens with one attached hydrogen (secondary N) is 2. The number of sulfonamides is 1. The van der Waals surface area contributed by atoms with E-state index in [-0.39, 0.29) is 36.4 Å². The maximum Gasteiger partial charge on any atom is 0.337 e. The van der Waals surface area contributed by atoms with E-state index in [1.165, 1.54) is 19.2 Å². The summed E-state index contributed by atoms with van der Waals surface area (Å²) in [4.78, 5) is 38.1. The Balaban J connectivity index is 1.32. The van der Waals surface area contributed by atoms with E-state index in [1.807, 2.05) is 31.2 Å². The molecule has 214 valence electrons. The number of ether oxygens (including phenoxy) is 1. The Morgan fingerprint density at radius 1 is 1.05 bits per heavy atom. The normalized spacial score (nSPS) is 19.1. The lowest BCUT2D eigenvalue weighted by molar-refractivity contribution is -0.132. The van der Waals surface area contributed by atoms with Gasteiger partial charge in [-0.15, -0.1) is 0 Å². The molecular formula is C31H33N3O6S. The third-order valence-electron chi connectivity index (χ3n) is 7.70. The van der Waals surface area contributed by atoms with Crippen molar-refractivity contribution in [2.45, 2.75) is 49.6 Å². The largest absolute Gasteiger partial charge is 0.465 e. The molecule has 1 heterocycles. The van der Waals surface area contributed by atoms with Gasteiger partial charge in [-0.25, -0.2) is 13.2 Å². The molecule has 1 fully saturated rings. The first-order valence-electron chi connectivity index (χ1n) is 13.6. The van der Waals surface area contributed by atoms with E-state index < -0.39 is 27.9 Å². The SMILES string of the molecule is COC(=O)c1cccc(-c2ccc3c(c2)CCC[C@H]3NC(=O)C[C@@H]2C(=O)NCCN2S(=O)(=O)c2ccc(C)cc2)c1. The second-order valence-electron chi connectivity index (χ2n) is 10.4. The molecule has 1 saturated heterocycles. The van der Waals surface area contributed by atoms with Crippen molar-refractivity contribution in [3.05, 3.63) is 89.0 Å². The highest BCUT2D eigenvalue weighted by Gasteiger charge is 2.40. The van der Waals surface area contributed by atoms with Crippen LogP contribution in [0.2, 0.25) is 0 Å². The van der Waals surface area contributed by atoms with Crippen LogP contribution in [-0.2, 0) is 30.8 Å². The van der Waals surface area contributed by atoms with Gasteiger partial charge in [-0.3, -0.25) is 9.59 Å². The van der Waals surface area contributed by atoms with E-state index in [1.54, 1.807) is 24.3 Å². The number of hydrogen-bond donors (Lipinski definition) is 2. The van der Waals surface area contributed by atoms with Crippen molar-refractivity contribution in [1.29, 1.82) is 0 Å². The monoisotopic (exact) mass is 575 g/mol. The number of amides is 2. The summed E-state index contributed by atoms with van der Waals surface area (Å²) < 4.78 is 32.8. The van der Waals surface area contributed by atoms with Gasteiger partial charge in [0.15, 0.2) is 0 Å². The zero-order chi connectivity index (χ0) is 29.1. The van der Waals surface area contributed by atoms with Gasteiger partial charge in [0.1, 0.15) is 6.04 Å². The number of rotatable bonds is 7. The summed E-state index contributed by atoms with van der Waals surface area (Å²) in [5.41, 5.74) is 5.33. The van der Waals surface area contributed by atoms with Crippen molar-refractivity contribution in [2.75, 3.05) is 20.2 Å². The predicted octanol–water partition coefficient (Wildman–Crippen LogP) is 3.52. The Kier molecular flexibility index (Phi) is 8.23. The number of methoxy groups -OCH3 is 1. The fourth-order valence-corrected chi connectivity index (χ4v) is 7.13. The van der Waals surface area contributed by atoms with E-state index in [0.29, 0.717) is 5.56 Å². The zero-order valence-electron chi connectivity index (χ0n) is 23.1. The van der Waals surface area contributed by atoms with Gasteiger partial charge < -0.3 is 15.4 Å². The maximum absolute atomic E-state index is 13.4. The zero-order valence-corrected chi connectivity index (χ0v) is 23.9. The Hall–Kier alpha value is -4.02. The van der Waals surface area contributed by atoms with Crippen LogP contribution >= 0.6 is 0 Å². The van der Waals surface area contributed by atoms with Gasteiger partial charge in [0.2, 0.25) is 21.8 Å². The maximum atomic E-state index is 13.4. The summed E-state index contributed by atoms with van der Waals surface area (Å²) in [6.07, 6.45) is 2.17. The molecule has 2 atom stereocenters. The molecule has 0 unspecified atom stereocenters. The molecule has 0 aromatic heterocycles. The van der Waals surface area contributed by atoms with Crippen LogP contribution < -0.4 is 10.6 Å². The molecule has 2 aliphatic rings. The molecular weight excluding hydrogens is 542 g/mol. The van der Waals surface area contributed by atoms with Crippen molar-refractivity contribution in [2.24, 2.45) is 0 Å². The molecule has 0 bridgehead atoms. The summed E-state index contributed by atoms with van der Waals surface area (Å²) in [5.74, 6) is -1.27. The molecule has 1 aliphatic carbocycles. The van der Waals surface area contributed by atoms with Crippen LogP contribution in [0.4, 0.5) is 0 Å². The number of fused-ring (bicyclic) bond motifs is 1. The number of carbonyl (C=O) groups is 3. The van der Waals surface area contributed by atoms with Gasteiger partial charge in [-0.05, 0) is 72.7 Å². The molecule has 3 aromatic rings. The van der Waals surface area contributed by atoms with Gasteiger partial charge in [-0.2, -0.15) is 4.31 Å². The first kappa shape index (κ1) is 28.5. The highest BCUT2D eigenvalue weighted by molar-refractivity contribution is 7.89. The lowest BCUT2D eigenvalue weighted by Crippen LogP contribution is -2.58. The highest BCUT2D eigenvalue weighted by atomic mass is 32.2. The van der Waals surface area contributed by atoms with E-state index in [2.05, 4.69) is 16.7 Å². The summed E-state index contributed by atoms with van der Waals surface area (Å²) in [7, 11) is -2.62. The van der Waals surface area contributed by atoms with Crippen LogP contribution in [0.5, 0.6) is 0 Å². The van der Waals surface area contributed by atoms with Crippen LogP contribution in [0.25, 0.3) is 11.1 Å². The van der Waals surface area contributed by atoms with Gasteiger partial charge in [-0.1, -0.05) is 48.0 Å². The first-order valence-corrected chi connectivity index (χ1v) is 15.1. The molecule has 41 heavy (non-hydrogen) atoms. The minimum atomic E-state index is -3.97. The highest BCUT2D eigenvalue weighted by Crippen LogP contribution is 2.33. The number of benzene rings is 3. The van der Waals surface area contributed by atoms with Crippen molar-refractivity contribution in [3.63, 3.8) is 0 Å². The molecule has 2 amide bonds. The predicted molar refractivity (Wildman–Crippen MR) is 154 cm³/mol. The first-order chi connectivity index (χ1) is 19.7. The second kappa shape index (κ2) is 11.8. The Labute approximate surface area is 239 Å². The van der Waals surface area contributed by atoms with Gasteiger partial charge in [0.25, 0.3) is 0 Å². The molecule has 2 N–H and O–H groups in total. The summed E-state index contributed by atoms with van der Waals surface area (Å²) in [6, 6.07) is 18.3. The minimum absolute atomic E-state index is 0.0894. The number of aryl methyl sites for hydroxylation is 2. The van der Waals surface area contributed by atoms with Crippen LogP contribution in [-0.4, -0.2) is 56.7 Å². The number of nitrogens with zero attached hydrogens (tertiary/aromatic N) is 1. The average molecular weight is 576 g/mol. The number of piperazine rings is 1. The molecule has 10 heteroatoms. The summed E-state index contributed by atoms with van der Waals surface area (Å²) >= 11 is 0. The molecule has 0 radical (unpaired) electrons. The van der Waals surface area contributed by atoms with Crippen molar-refractivity contribution < 1.29 is 27.5 Å². The number of carbonyl (C=O) groups excluding carboxylic acids is 3. The standard InChI is InChI=1S/C31H33N3O6S/c1-20-9-12-25(13-10-20)41(38,39)34-16-15-32-30(36)28(34)19-29(35)33-27-8-4-6-23-17-22(11-14-26(23)27)21-5-3-7-24(18-21)31(37)40-2/h3,5,7,9-14,17-18,27-28H,4,6,8,15-16,19H2,1-2H3,(H,32,36)(H,33,35)/t27-,28-/m1/s1. The second-order valence-corrected chi connectivity index (χ2v) is 12.3. The van der Waals surface area contributed by atoms with Crippen molar-refractivity contribution in [1.82, 2.24) is 14.9 Å². The van der Waals surface area contributed by atoms with Crippen LogP contribution in [0.15, 0.2) is 71.6 Å². The fourth-order valence-electron chi connectivity index (χ4n) is 5.54. The summed E-state index contributed by atoms with van der Waals surface area (Å²) in [6.45, 7) is 2.14. The molecule has 1 aliphatic heterocycles. The van der Waals surface area contributed by atoms with E-state index in [4.69, 9.17) is 4.74 Å². The minimum Gasteiger partial charge on any atom is -0.465 e. The Morgan fingerprint density at radius 3 is 2.56 bits per heavy atom. The van der Waals surface area contributed by atoms with E-state index in [0.717, 1.165) is 51.4 Å². The molecule has 0 spiro atoms. The quantitative estimate of drug-likeness (QED) is 0.416. The fraction of sp³-hybridized carbons (Fsp3) is 0.323. The third kappa shape index (κ3) is 6.03. The molecule has 9 nitrogen and oxygen atoms in total. The van der Waals surface area contributed by atoms with Crippen molar-refractivity contribution in [3.8, 4) is 11.1 Å². The van der Waals surface area contributed by atoms with Crippen molar-refractivity contribution >= 4 is 27.8 Å². The lowest BCUT2D eigenvalue weighted by Gasteiger charge is -2.34. The Bertz CT molecular complexity index is 1590. The number of hydrogen-bond acceptors (Lipinski definition) is 6. The lowest BCUT2D eigenvalue weighted by atomic mass is 9.85. The molecule has 5 rings (SSSR count).